The summed E-state index contributed by atoms with van der Waals surface area (Å²) in [5, 5.41) is 7.51. The average molecular weight is 396 g/mol. The molecule has 0 fully saturated rings. The number of aryl methyl sites for hydroxylation is 1. The Morgan fingerprint density at radius 2 is 2.12 bits per heavy atom. The average Bonchev–Trinajstić information content (AvgIpc) is 3.23. The third kappa shape index (κ3) is 5.29. The summed E-state index contributed by atoms with van der Waals surface area (Å²) in [7, 11) is 0. The van der Waals surface area contributed by atoms with Crippen LogP contribution in [0.1, 0.15) is 16.6 Å². The fourth-order valence-corrected chi connectivity index (χ4v) is 3.48. The third-order valence-electron chi connectivity index (χ3n) is 3.06. The molecule has 2 heterocycles. The zero-order valence-electron chi connectivity index (χ0n) is 13.3. The van der Waals surface area contributed by atoms with Gasteiger partial charge in [0.25, 0.3) is 5.89 Å². The Kier molecular flexibility index (Phi) is 6.06. The summed E-state index contributed by atoms with van der Waals surface area (Å²) >= 11 is 8.90. The van der Waals surface area contributed by atoms with Crippen molar-refractivity contribution in [2.75, 3.05) is 5.75 Å². The molecule has 0 N–H and O–H groups in total. The van der Waals surface area contributed by atoms with E-state index in [9.17, 15) is 4.79 Å². The summed E-state index contributed by atoms with van der Waals surface area (Å²) in [6, 6.07) is 7.07. The van der Waals surface area contributed by atoms with Crippen LogP contribution in [0.2, 0.25) is 5.02 Å². The van der Waals surface area contributed by atoms with Gasteiger partial charge < -0.3 is 9.26 Å². The van der Waals surface area contributed by atoms with Gasteiger partial charge in [-0.2, -0.15) is 4.98 Å². The van der Waals surface area contributed by atoms with Crippen LogP contribution in [0.4, 0.5) is 0 Å². The first kappa shape index (κ1) is 17.9. The van der Waals surface area contributed by atoms with Gasteiger partial charge in [-0.3, -0.25) is 4.79 Å². The van der Waals surface area contributed by atoms with Crippen LogP contribution in [0.3, 0.4) is 0 Å². The van der Waals surface area contributed by atoms with Crippen molar-refractivity contribution in [2.24, 2.45) is 0 Å². The van der Waals surface area contributed by atoms with Crippen LogP contribution in [0.15, 0.2) is 34.2 Å². The smallest absolute Gasteiger partial charge is 0.316 e. The number of nitrogens with zero attached hydrogens (tertiary/aromatic N) is 3. The quantitative estimate of drug-likeness (QED) is 0.556. The van der Waals surface area contributed by atoms with E-state index in [1.54, 1.807) is 35.6 Å². The van der Waals surface area contributed by atoms with Crippen molar-refractivity contribution in [2.45, 2.75) is 19.3 Å². The SMILES string of the molecule is Cc1nc(CSCC(=O)OCc2nc(-c3ccc(Cl)cc3)no2)cs1. The number of carbonyl (C=O) groups excluding carboxylic acids is 1. The van der Waals surface area contributed by atoms with Gasteiger partial charge in [-0.15, -0.1) is 23.1 Å². The summed E-state index contributed by atoms with van der Waals surface area (Å²) < 4.78 is 10.2. The Hall–Kier alpha value is -1.90. The van der Waals surface area contributed by atoms with Crippen LogP contribution in [0.5, 0.6) is 0 Å². The van der Waals surface area contributed by atoms with Crippen molar-refractivity contribution < 1.29 is 14.1 Å². The molecule has 3 rings (SSSR count). The molecule has 0 bridgehead atoms. The number of carbonyl (C=O) groups is 1. The van der Waals surface area contributed by atoms with E-state index in [0.717, 1.165) is 16.3 Å². The highest BCUT2D eigenvalue weighted by Crippen LogP contribution is 2.19. The van der Waals surface area contributed by atoms with Crippen LogP contribution in [-0.4, -0.2) is 26.8 Å². The number of ether oxygens (including phenoxy) is 1. The van der Waals surface area contributed by atoms with E-state index in [2.05, 4.69) is 15.1 Å². The predicted molar refractivity (Wildman–Crippen MR) is 97.6 cm³/mol. The monoisotopic (exact) mass is 395 g/mol. The number of esters is 1. The first-order valence-electron chi connectivity index (χ1n) is 7.33. The fourth-order valence-electron chi connectivity index (χ4n) is 1.93. The van der Waals surface area contributed by atoms with Gasteiger partial charge in [0.15, 0.2) is 6.61 Å². The highest BCUT2D eigenvalue weighted by atomic mass is 35.5. The largest absolute Gasteiger partial charge is 0.455 e. The lowest BCUT2D eigenvalue weighted by Gasteiger charge is -2.01. The summed E-state index contributed by atoms with van der Waals surface area (Å²) in [6.45, 7) is 1.91. The van der Waals surface area contributed by atoms with Crippen molar-refractivity contribution in [3.63, 3.8) is 0 Å². The molecule has 0 amide bonds. The second kappa shape index (κ2) is 8.46. The van der Waals surface area contributed by atoms with Crippen molar-refractivity contribution in [3.8, 4) is 11.4 Å². The van der Waals surface area contributed by atoms with E-state index in [-0.39, 0.29) is 24.2 Å². The second-order valence-electron chi connectivity index (χ2n) is 5.03. The number of aromatic nitrogens is 3. The van der Waals surface area contributed by atoms with Crippen molar-refractivity contribution in [3.05, 3.63) is 51.3 Å². The second-order valence-corrected chi connectivity index (χ2v) is 7.51. The standard InChI is InChI=1S/C16H14ClN3O3S2/c1-10-18-13(8-25-10)7-24-9-15(21)22-6-14-19-16(20-23-14)11-2-4-12(17)5-3-11/h2-5,8H,6-7,9H2,1H3. The topological polar surface area (TPSA) is 78.1 Å². The molecule has 0 atom stereocenters. The molecule has 0 aliphatic heterocycles. The molecule has 0 radical (unpaired) electrons. The van der Waals surface area contributed by atoms with Gasteiger partial charge in [-0.1, -0.05) is 16.8 Å². The molecule has 130 valence electrons. The summed E-state index contributed by atoms with van der Waals surface area (Å²) in [5.74, 6) is 1.27. The molecule has 3 aromatic rings. The Labute approximate surface area is 157 Å². The number of hydrogen-bond acceptors (Lipinski definition) is 8. The van der Waals surface area contributed by atoms with Crippen LogP contribution in [0, 0.1) is 6.92 Å². The van der Waals surface area contributed by atoms with Crippen molar-refractivity contribution >= 4 is 40.7 Å². The lowest BCUT2D eigenvalue weighted by atomic mass is 10.2. The van der Waals surface area contributed by atoms with Gasteiger partial charge in [-0.05, 0) is 31.2 Å². The van der Waals surface area contributed by atoms with E-state index < -0.39 is 0 Å². The maximum Gasteiger partial charge on any atom is 0.316 e. The van der Waals surface area contributed by atoms with Gasteiger partial charge in [0, 0.05) is 21.7 Å². The van der Waals surface area contributed by atoms with Crippen LogP contribution in [0.25, 0.3) is 11.4 Å². The predicted octanol–water partition coefficient (Wildman–Crippen LogP) is 4.13. The summed E-state index contributed by atoms with van der Waals surface area (Å²) in [5.41, 5.74) is 1.75. The summed E-state index contributed by atoms with van der Waals surface area (Å²) in [4.78, 5) is 20.3. The fraction of sp³-hybridized carbons (Fsp3) is 0.250. The molecule has 9 heteroatoms. The zero-order valence-corrected chi connectivity index (χ0v) is 15.7. The first-order valence-corrected chi connectivity index (χ1v) is 9.74. The Morgan fingerprint density at radius 1 is 1.32 bits per heavy atom. The van der Waals surface area contributed by atoms with E-state index in [1.807, 2.05) is 12.3 Å². The lowest BCUT2D eigenvalue weighted by molar-refractivity contribution is -0.142. The molecule has 1 aromatic carbocycles. The Morgan fingerprint density at radius 3 is 2.84 bits per heavy atom. The molecule has 0 spiro atoms. The molecule has 0 saturated heterocycles. The Bertz CT molecular complexity index is 848. The minimum absolute atomic E-state index is 0.0458. The minimum Gasteiger partial charge on any atom is -0.455 e. The van der Waals surface area contributed by atoms with Gasteiger partial charge in [0.1, 0.15) is 0 Å². The normalized spacial score (nSPS) is 10.8. The maximum atomic E-state index is 11.8. The molecule has 0 unspecified atom stereocenters. The van der Waals surface area contributed by atoms with E-state index >= 15 is 0 Å². The Balaban J connectivity index is 1.43. The molecule has 0 aliphatic carbocycles. The molecule has 0 saturated carbocycles. The highest BCUT2D eigenvalue weighted by Gasteiger charge is 2.11. The zero-order chi connectivity index (χ0) is 17.6. The third-order valence-corrected chi connectivity index (χ3v) is 5.08. The molecule has 0 aliphatic rings. The van der Waals surface area contributed by atoms with Crippen molar-refractivity contribution in [1.29, 1.82) is 0 Å². The maximum absolute atomic E-state index is 11.8. The van der Waals surface area contributed by atoms with E-state index in [4.69, 9.17) is 20.9 Å². The summed E-state index contributed by atoms with van der Waals surface area (Å²) in [6.07, 6.45) is 0. The molecular weight excluding hydrogens is 382 g/mol. The number of halogens is 1. The van der Waals surface area contributed by atoms with Crippen molar-refractivity contribution in [1.82, 2.24) is 15.1 Å². The molecule has 6 nitrogen and oxygen atoms in total. The van der Waals surface area contributed by atoms with Crippen LogP contribution >= 0.6 is 34.7 Å². The number of thiazole rings is 1. The van der Waals surface area contributed by atoms with Gasteiger partial charge in [0.05, 0.1) is 16.5 Å². The molecular formula is C16H14ClN3O3S2. The minimum atomic E-state index is -0.330. The van der Waals surface area contributed by atoms with Crippen LogP contribution < -0.4 is 0 Å². The van der Waals surface area contributed by atoms with Gasteiger partial charge in [-0.25, -0.2) is 4.98 Å². The van der Waals surface area contributed by atoms with Gasteiger partial charge in [0.2, 0.25) is 5.82 Å². The number of hydrogen-bond donors (Lipinski definition) is 0. The van der Waals surface area contributed by atoms with Gasteiger partial charge >= 0.3 is 5.97 Å². The number of rotatable bonds is 7. The highest BCUT2D eigenvalue weighted by molar-refractivity contribution is 7.99. The van der Waals surface area contributed by atoms with E-state index in [1.165, 1.54) is 11.8 Å². The number of thioether (sulfide) groups is 1. The molecule has 2 aromatic heterocycles. The van der Waals surface area contributed by atoms with Crippen LogP contribution in [-0.2, 0) is 21.9 Å². The first-order chi connectivity index (χ1) is 12.1. The lowest BCUT2D eigenvalue weighted by Crippen LogP contribution is -2.07. The number of benzene rings is 1. The molecule has 25 heavy (non-hydrogen) atoms. The van der Waals surface area contributed by atoms with E-state index in [0.29, 0.717) is 16.6 Å².